The number of carbonyl (C=O) groups is 1. The van der Waals surface area contributed by atoms with E-state index < -0.39 is 0 Å². The van der Waals surface area contributed by atoms with Crippen LogP contribution in [0.3, 0.4) is 0 Å². The van der Waals surface area contributed by atoms with Gasteiger partial charge < -0.3 is 16.4 Å². The van der Waals surface area contributed by atoms with E-state index in [1.165, 1.54) is 0 Å². The number of nitrogens with two attached hydrogens (primary N) is 1. The molecule has 2 rings (SSSR count). The molecule has 1 aromatic carbocycles. The monoisotopic (exact) mass is 272 g/mol. The lowest BCUT2D eigenvalue weighted by atomic mass is 10.1. The molecule has 5 nitrogen and oxygen atoms in total. The van der Waals surface area contributed by atoms with Crippen LogP contribution in [0.2, 0.25) is 0 Å². The fourth-order valence-electron chi connectivity index (χ4n) is 2.05. The normalized spacial score (nSPS) is 12.4. The van der Waals surface area contributed by atoms with Crippen molar-refractivity contribution in [3.63, 3.8) is 0 Å². The molecule has 106 valence electrons. The Kier molecular flexibility index (Phi) is 4.08. The van der Waals surface area contributed by atoms with Gasteiger partial charge in [0.05, 0.1) is 0 Å². The first-order chi connectivity index (χ1) is 9.49. The lowest BCUT2D eigenvalue weighted by Gasteiger charge is -2.18. The van der Waals surface area contributed by atoms with Gasteiger partial charge in [-0.25, -0.2) is 0 Å². The van der Waals surface area contributed by atoms with Gasteiger partial charge in [0.25, 0.3) is 0 Å². The van der Waals surface area contributed by atoms with Gasteiger partial charge in [0.2, 0.25) is 5.91 Å². The molecule has 1 atom stereocenters. The number of fused-ring (bicyclic) bond motifs is 1. The molecule has 1 amide bonds. The smallest absolute Gasteiger partial charge is 0.242 e. The molecule has 4 N–H and O–H groups in total. The SMILES string of the molecule is CC(C)NC(=O)C(C)Nc1ccc(N)c2cnccc12. The quantitative estimate of drug-likeness (QED) is 0.745. The number of benzene rings is 1. The maximum Gasteiger partial charge on any atom is 0.242 e. The average Bonchev–Trinajstić information content (AvgIpc) is 2.41. The summed E-state index contributed by atoms with van der Waals surface area (Å²) in [7, 11) is 0. The summed E-state index contributed by atoms with van der Waals surface area (Å²) in [6.45, 7) is 5.71. The molecule has 0 spiro atoms. The van der Waals surface area contributed by atoms with Crippen LogP contribution in [0.25, 0.3) is 10.8 Å². The summed E-state index contributed by atoms with van der Waals surface area (Å²) in [5, 5.41) is 7.95. The molecule has 0 aliphatic rings. The Bertz CT molecular complexity index is 624. The molecular weight excluding hydrogens is 252 g/mol. The van der Waals surface area contributed by atoms with Crippen molar-refractivity contribution < 1.29 is 4.79 Å². The van der Waals surface area contributed by atoms with E-state index in [-0.39, 0.29) is 18.0 Å². The maximum absolute atomic E-state index is 12.0. The minimum atomic E-state index is -0.322. The average molecular weight is 272 g/mol. The van der Waals surface area contributed by atoms with E-state index >= 15 is 0 Å². The van der Waals surface area contributed by atoms with Crippen molar-refractivity contribution in [3.05, 3.63) is 30.6 Å². The summed E-state index contributed by atoms with van der Waals surface area (Å²) in [5.41, 5.74) is 7.49. The fourth-order valence-corrected chi connectivity index (χ4v) is 2.05. The molecule has 0 radical (unpaired) electrons. The highest BCUT2D eigenvalue weighted by molar-refractivity contribution is 6.01. The van der Waals surface area contributed by atoms with Gasteiger partial charge in [-0.15, -0.1) is 0 Å². The van der Waals surface area contributed by atoms with Gasteiger partial charge in [-0.1, -0.05) is 0 Å². The van der Waals surface area contributed by atoms with Gasteiger partial charge >= 0.3 is 0 Å². The molecule has 0 saturated carbocycles. The number of nitrogen functional groups attached to an aromatic ring is 1. The van der Waals surface area contributed by atoms with E-state index in [2.05, 4.69) is 15.6 Å². The molecule has 20 heavy (non-hydrogen) atoms. The molecule has 5 heteroatoms. The van der Waals surface area contributed by atoms with Crippen LogP contribution in [-0.2, 0) is 4.79 Å². The Morgan fingerprint density at radius 3 is 2.65 bits per heavy atom. The van der Waals surface area contributed by atoms with E-state index in [0.29, 0.717) is 5.69 Å². The van der Waals surface area contributed by atoms with Gasteiger partial charge in [0.15, 0.2) is 0 Å². The largest absolute Gasteiger partial charge is 0.398 e. The Labute approximate surface area is 118 Å². The summed E-state index contributed by atoms with van der Waals surface area (Å²) >= 11 is 0. The zero-order valence-electron chi connectivity index (χ0n) is 12.0. The molecule has 0 fully saturated rings. The summed E-state index contributed by atoms with van der Waals surface area (Å²) in [6.07, 6.45) is 3.44. The van der Waals surface area contributed by atoms with E-state index in [4.69, 9.17) is 5.73 Å². The highest BCUT2D eigenvalue weighted by atomic mass is 16.2. The highest BCUT2D eigenvalue weighted by Crippen LogP contribution is 2.27. The number of aromatic nitrogens is 1. The number of nitrogens with zero attached hydrogens (tertiary/aromatic N) is 1. The maximum atomic E-state index is 12.0. The predicted octanol–water partition coefficient (Wildman–Crippen LogP) is 2.14. The van der Waals surface area contributed by atoms with Gasteiger partial charge in [-0.2, -0.15) is 0 Å². The first kappa shape index (κ1) is 14.1. The van der Waals surface area contributed by atoms with E-state index in [9.17, 15) is 4.79 Å². The first-order valence-corrected chi connectivity index (χ1v) is 6.68. The Balaban J connectivity index is 2.26. The standard InChI is InChI=1S/C15H20N4O/c1-9(2)18-15(20)10(3)19-14-5-4-13(16)12-8-17-7-6-11(12)14/h4-10,19H,16H2,1-3H3,(H,18,20). The summed E-state index contributed by atoms with van der Waals surface area (Å²) in [5.74, 6) is -0.0287. The minimum Gasteiger partial charge on any atom is -0.398 e. The van der Waals surface area contributed by atoms with Crippen molar-refractivity contribution in [2.75, 3.05) is 11.1 Å². The van der Waals surface area contributed by atoms with E-state index in [0.717, 1.165) is 16.5 Å². The van der Waals surface area contributed by atoms with Crippen molar-refractivity contribution >= 4 is 28.1 Å². The van der Waals surface area contributed by atoms with E-state index in [1.807, 2.05) is 39.0 Å². The molecule has 1 unspecified atom stereocenters. The number of rotatable bonds is 4. The van der Waals surface area contributed by atoms with Crippen LogP contribution in [0.15, 0.2) is 30.6 Å². The Morgan fingerprint density at radius 1 is 1.20 bits per heavy atom. The van der Waals surface area contributed by atoms with E-state index in [1.54, 1.807) is 12.4 Å². The number of anilines is 2. The lowest BCUT2D eigenvalue weighted by Crippen LogP contribution is -2.41. The molecule has 1 heterocycles. The van der Waals surface area contributed by atoms with Crippen LogP contribution in [0.1, 0.15) is 20.8 Å². The molecule has 2 aromatic rings. The fraction of sp³-hybridized carbons (Fsp3) is 0.333. The van der Waals surface area contributed by atoms with Gasteiger partial charge in [-0.05, 0) is 39.0 Å². The zero-order chi connectivity index (χ0) is 14.7. The molecule has 0 bridgehead atoms. The third-order valence-corrected chi connectivity index (χ3v) is 3.05. The number of nitrogens with one attached hydrogen (secondary N) is 2. The van der Waals surface area contributed by atoms with Gasteiger partial charge in [0.1, 0.15) is 6.04 Å². The summed E-state index contributed by atoms with van der Waals surface area (Å²) in [6, 6.07) is 5.40. The van der Waals surface area contributed by atoms with Crippen LogP contribution in [-0.4, -0.2) is 23.0 Å². The van der Waals surface area contributed by atoms with Crippen LogP contribution in [0.4, 0.5) is 11.4 Å². The summed E-state index contributed by atoms with van der Waals surface area (Å²) in [4.78, 5) is 16.0. The Morgan fingerprint density at radius 2 is 1.95 bits per heavy atom. The van der Waals surface area contributed by atoms with Crippen LogP contribution in [0, 0.1) is 0 Å². The van der Waals surface area contributed by atoms with Crippen LogP contribution in [0.5, 0.6) is 0 Å². The number of hydrogen-bond acceptors (Lipinski definition) is 4. The van der Waals surface area contributed by atoms with Crippen molar-refractivity contribution in [3.8, 4) is 0 Å². The van der Waals surface area contributed by atoms with Gasteiger partial charge in [0, 0.05) is 40.6 Å². The second-order valence-corrected chi connectivity index (χ2v) is 5.15. The lowest BCUT2D eigenvalue weighted by molar-refractivity contribution is -0.122. The molecule has 0 saturated heterocycles. The van der Waals surface area contributed by atoms with Crippen molar-refractivity contribution in [1.29, 1.82) is 0 Å². The van der Waals surface area contributed by atoms with Crippen LogP contribution < -0.4 is 16.4 Å². The molecule has 1 aromatic heterocycles. The third kappa shape index (κ3) is 2.99. The predicted molar refractivity (Wildman–Crippen MR) is 82.5 cm³/mol. The topological polar surface area (TPSA) is 80.0 Å². The number of hydrogen-bond donors (Lipinski definition) is 3. The van der Waals surface area contributed by atoms with Gasteiger partial charge in [-0.3, -0.25) is 9.78 Å². The molecule has 0 aliphatic carbocycles. The minimum absolute atomic E-state index is 0.0287. The molecular formula is C15H20N4O. The number of pyridine rings is 1. The first-order valence-electron chi connectivity index (χ1n) is 6.68. The number of amides is 1. The van der Waals surface area contributed by atoms with Crippen LogP contribution >= 0.6 is 0 Å². The van der Waals surface area contributed by atoms with Crippen molar-refractivity contribution in [1.82, 2.24) is 10.3 Å². The van der Waals surface area contributed by atoms with Crippen molar-refractivity contribution in [2.24, 2.45) is 0 Å². The number of carbonyl (C=O) groups excluding carboxylic acids is 1. The summed E-state index contributed by atoms with van der Waals surface area (Å²) < 4.78 is 0. The highest BCUT2D eigenvalue weighted by Gasteiger charge is 2.14. The Hall–Kier alpha value is -2.30. The zero-order valence-corrected chi connectivity index (χ0v) is 12.0. The third-order valence-electron chi connectivity index (χ3n) is 3.05. The van der Waals surface area contributed by atoms with Crippen molar-refractivity contribution in [2.45, 2.75) is 32.9 Å². The second-order valence-electron chi connectivity index (χ2n) is 5.15. The molecule has 0 aliphatic heterocycles. The second kappa shape index (κ2) is 5.77.